The van der Waals surface area contributed by atoms with Crippen LogP contribution in [0.15, 0.2) is 54.6 Å². The van der Waals surface area contributed by atoms with E-state index in [0.717, 1.165) is 17.7 Å². The number of aromatic nitrogens is 4. The van der Waals surface area contributed by atoms with Gasteiger partial charge in [0.05, 0.1) is 13.1 Å². The Morgan fingerprint density at radius 3 is 2.50 bits per heavy atom. The molecule has 2 aromatic carbocycles. The van der Waals surface area contributed by atoms with Gasteiger partial charge in [-0.15, -0.1) is 10.2 Å². The molecule has 0 unspecified atom stereocenters. The van der Waals surface area contributed by atoms with Gasteiger partial charge in [0.1, 0.15) is 0 Å². The molecule has 0 bridgehead atoms. The van der Waals surface area contributed by atoms with E-state index in [-0.39, 0.29) is 12.1 Å². The normalized spacial score (nSPS) is 12.0. The first-order valence-electron chi connectivity index (χ1n) is 9.02. The van der Waals surface area contributed by atoms with Gasteiger partial charge in [-0.05, 0) is 37.0 Å². The third kappa shape index (κ3) is 4.72. The summed E-state index contributed by atoms with van der Waals surface area (Å²) in [6.07, 6.45) is 0. The molecule has 0 radical (unpaired) electrons. The minimum Gasteiger partial charge on any atom is -0.319 e. The number of benzene rings is 2. The fraction of sp³-hybridized carbons (Fsp3) is 0.300. The monoisotopic (exact) mass is 379 g/mol. The highest BCUT2D eigenvalue weighted by Crippen LogP contribution is 2.23. The van der Waals surface area contributed by atoms with Gasteiger partial charge < -0.3 is 15.1 Å². The van der Waals surface area contributed by atoms with Crippen LogP contribution in [-0.2, 0) is 7.05 Å². The number of urea groups is 1. The lowest BCUT2D eigenvalue weighted by atomic mass is 10.1. The van der Waals surface area contributed by atoms with Crippen molar-refractivity contribution >= 4 is 11.7 Å². The van der Waals surface area contributed by atoms with E-state index in [1.807, 2.05) is 75.7 Å². The van der Waals surface area contributed by atoms with E-state index < -0.39 is 0 Å². The topological polar surface area (TPSA) is 79.2 Å². The highest BCUT2D eigenvalue weighted by atomic mass is 16.2. The lowest BCUT2D eigenvalue weighted by Crippen LogP contribution is -2.39. The Kier molecular flexibility index (Phi) is 6.00. The zero-order chi connectivity index (χ0) is 20.1. The summed E-state index contributed by atoms with van der Waals surface area (Å²) in [5.74, 6) is 0.515. The molecule has 0 aliphatic heterocycles. The molecule has 0 saturated heterocycles. The molecular formula is C20H25N7O. The summed E-state index contributed by atoms with van der Waals surface area (Å²) in [6, 6.07) is 17.2. The van der Waals surface area contributed by atoms with Gasteiger partial charge in [0.15, 0.2) is 0 Å². The van der Waals surface area contributed by atoms with Gasteiger partial charge in [-0.3, -0.25) is 0 Å². The van der Waals surface area contributed by atoms with Crippen LogP contribution in [0, 0.1) is 0 Å². The number of aryl methyl sites for hydroxylation is 1. The van der Waals surface area contributed by atoms with E-state index in [0.29, 0.717) is 11.5 Å². The van der Waals surface area contributed by atoms with Crippen molar-refractivity contribution in [2.75, 3.05) is 33.0 Å². The minimum absolute atomic E-state index is 0.0685. The van der Waals surface area contributed by atoms with Gasteiger partial charge in [-0.25, -0.2) is 4.79 Å². The SMILES string of the molecule is CN(C)C[C@H](c1ccccc1)N(C)C(=O)Nc1cccc(-c2nnn(C)n2)c1. The second-order valence-electron chi connectivity index (χ2n) is 6.91. The number of carbonyl (C=O) groups is 1. The second-order valence-corrected chi connectivity index (χ2v) is 6.91. The van der Waals surface area contributed by atoms with E-state index in [9.17, 15) is 4.79 Å². The molecule has 1 heterocycles. The number of rotatable bonds is 6. The first kappa shape index (κ1) is 19.5. The van der Waals surface area contributed by atoms with Gasteiger partial charge in [0.2, 0.25) is 5.82 Å². The predicted molar refractivity (Wildman–Crippen MR) is 109 cm³/mol. The average Bonchev–Trinajstić information content (AvgIpc) is 3.13. The molecule has 0 spiro atoms. The molecule has 28 heavy (non-hydrogen) atoms. The Morgan fingerprint density at radius 2 is 1.86 bits per heavy atom. The van der Waals surface area contributed by atoms with Crippen molar-refractivity contribution in [3.63, 3.8) is 0 Å². The molecule has 2 amide bonds. The highest BCUT2D eigenvalue weighted by molar-refractivity contribution is 5.90. The molecule has 0 saturated carbocycles. The van der Waals surface area contributed by atoms with Crippen molar-refractivity contribution in [2.45, 2.75) is 6.04 Å². The summed E-state index contributed by atoms with van der Waals surface area (Å²) >= 11 is 0. The zero-order valence-corrected chi connectivity index (χ0v) is 16.6. The molecule has 3 aromatic rings. The molecule has 0 aliphatic carbocycles. The Balaban J connectivity index is 1.77. The van der Waals surface area contributed by atoms with Crippen LogP contribution < -0.4 is 5.32 Å². The summed E-state index contributed by atoms with van der Waals surface area (Å²) in [5, 5.41) is 15.0. The number of hydrogen-bond donors (Lipinski definition) is 1. The first-order chi connectivity index (χ1) is 13.4. The number of anilines is 1. The van der Waals surface area contributed by atoms with Crippen LogP contribution in [0.25, 0.3) is 11.4 Å². The molecule has 8 nitrogen and oxygen atoms in total. The van der Waals surface area contributed by atoms with Gasteiger partial charge >= 0.3 is 6.03 Å². The number of nitrogens with one attached hydrogen (secondary N) is 1. The van der Waals surface area contributed by atoms with Crippen molar-refractivity contribution in [1.29, 1.82) is 0 Å². The number of carbonyl (C=O) groups excluding carboxylic acids is 1. The van der Waals surface area contributed by atoms with Crippen molar-refractivity contribution in [2.24, 2.45) is 7.05 Å². The molecule has 1 aromatic heterocycles. The van der Waals surface area contributed by atoms with Gasteiger partial charge in [-0.1, -0.05) is 42.5 Å². The molecule has 1 N–H and O–H groups in total. The Labute approximate surface area is 164 Å². The maximum Gasteiger partial charge on any atom is 0.322 e. The van der Waals surface area contributed by atoms with Crippen LogP contribution in [0.1, 0.15) is 11.6 Å². The molecule has 146 valence electrons. The summed E-state index contributed by atoms with van der Waals surface area (Å²) in [4.78, 5) is 18.1. The molecule has 8 heteroatoms. The average molecular weight is 379 g/mol. The van der Waals surface area contributed by atoms with Crippen LogP contribution in [0.3, 0.4) is 0 Å². The van der Waals surface area contributed by atoms with E-state index in [4.69, 9.17) is 0 Å². The molecule has 3 rings (SSSR count). The lowest BCUT2D eigenvalue weighted by molar-refractivity contribution is 0.188. The van der Waals surface area contributed by atoms with Crippen molar-refractivity contribution in [3.05, 3.63) is 60.2 Å². The van der Waals surface area contributed by atoms with Gasteiger partial charge in [0.25, 0.3) is 0 Å². The van der Waals surface area contributed by atoms with Crippen LogP contribution >= 0.6 is 0 Å². The molecular weight excluding hydrogens is 354 g/mol. The first-order valence-corrected chi connectivity index (χ1v) is 9.02. The van der Waals surface area contributed by atoms with Gasteiger partial charge in [0, 0.05) is 24.8 Å². The maximum absolute atomic E-state index is 12.9. The number of hydrogen-bond acceptors (Lipinski definition) is 5. The van der Waals surface area contributed by atoms with E-state index in [1.165, 1.54) is 4.80 Å². The highest BCUT2D eigenvalue weighted by Gasteiger charge is 2.22. The summed E-state index contributed by atoms with van der Waals surface area (Å²) in [6.45, 7) is 0.720. The Bertz CT molecular complexity index is 923. The Morgan fingerprint density at radius 1 is 1.11 bits per heavy atom. The maximum atomic E-state index is 12.9. The molecule has 1 atom stereocenters. The predicted octanol–water partition coefficient (Wildman–Crippen LogP) is 2.64. The van der Waals surface area contributed by atoms with E-state index in [2.05, 4.69) is 25.6 Å². The summed E-state index contributed by atoms with van der Waals surface area (Å²) in [7, 11) is 7.52. The van der Waals surface area contributed by atoms with Gasteiger partial charge in [-0.2, -0.15) is 4.80 Å². The Hall–Kier alpha value is -3.26. The fourth-order valence-electron chi connectivity index (χ4n) is 2.96. The van der Waals surface area contributed by atoms with Crippen molar-refractivity contribution in [3.8, 4) is 11.4 Å². The standard InChI is InChI=1S/C20H25N7O/c1-25(2)14-18(15-9-6-5-7-10-15)26(3)20(28)21-17-12-8-11-16(13-17)19-22-24-27(4)23-19/h5-13,18H,14H2,1-4H3,(H,21,28)/t18-/m1/s1. The van der Waals surface area contributed by atoms with E-state index in [1.54, 1.807) is 11.9 Å². The van der Waals surface area contributed by atoms with Crippen LogP contribution in [-0.4, -0.2) is 63.7 Å². The quantitative estimate of drug-likeness (QED) is 0.712. The third-order valence-electron chi connectivity index (χ3n) is 4.39. The summed E-state index contributed by atoms with van der Waals surface area (Å²) < 4.78 is 0. The third-order valence-corrected chi connectivity index (χ3v) is 4.39. The largest absolute Gasteiger partial charge is 0.322 e. The number of likely N-dealkylation sites (N-methyl/N-ethyl adjacent to an activating group) is 2. The fourth-order valence-corrected chi connectivity index (χ4v) is 2.96. The number of amides is 2. The molecule has 0 fully saturated rings. The van der Waals surface area contributed by atoms with E-state index >= 15 is 0 Å². The molecule has 0 aliphatic rings. The van der Waals surface area contributed by atoms with Crippen molar-refractivity contribution in [1.82, 2.24) is 30.0 Å². The second kappa shape index (κ2) is 8.62. The number of nitrogens with zero attached hydrogens (tertiary/aromatic N) is 6. The zero-order valence-electron chi connectivity index (χ0n) is 16.6. The summed E-state index contributed by atoms with van der Waals surface area (Å²) in [5.41, 5.74) is 2.56. The minimum atomic E-state index is -0.181. The van der Waals surface area contributed by atoms with Crippen LogP contribution in [0.2, 0.25) is 0 Å². The van der Waals surface area contributed by atoms with Crippen molar-refractivity contribution < 1.29 is 4.79 Å². The smallest absolute Gasteiger partial charge is 0.319 e. The number of tetrazole rings is 1. The van der Waals surface area contributed by atoms with Crippen LogP contribution in [0.4, 0.5) is 10.5 Å². The van der Waals surface area contributed by atoms with Crippen LogP contribution in [0.5, 0.6) is 0 Å². The lowest BCUT2D eigenvalue weighted by Gasteiger charge is -2.31.